The molecule has 1 aromatic rings. The van der Waals surface area contributed by atoms with Crippen LogP contribution in [0, 0.1) is 0 Å². The van der Waals surface area contributed by atoms with Crippen molar-refractivity contribution < 1.29 is 14.1 Å². The van der Waals surface area contributed by atoms with E-state index in [1.54, 1.807) is 0 Å². The van der Waals surface area contributed by atoms with Gasteiger partial charge in [0.25, 0.3) is 0 Å². The molecule has 2 amide bonds. The highest BCUT2D eigenvalue weighted by Crippen LogP contribution is 2.29. The average molecular weight is 322 g/mol. The maximum atomic E-state index is 12.1. The number of hydrogen-bond donors (Lipinski definition) is 1. The molecular weight excluding hydrogens is 296 g/mol. The van der Waals surface area contributed by atoms with Crippen LogP contribution in [0.3, 0.4) is 0 Å². The number of carbonyl (C=O) groups is 1. The second kappa shape index (κ2) is 7.77. The fourth-order valence-corrected chi connectivity index (χ4v) is 3.24. The number of amides is 2. The maximum Gasteiger partial charge on any atom is 0.317 e. The summed E-state index contributed by atoms with van der Waals surface area (Å²) in [5.74, 6) is 1.97. The molecule has 0 aliphatic carbocycles. The van der Waals surface area contributed by atoms with Crippen LogP contribution in [0.4, 0.5) is 4.79 Å². The highest BCUT2D eigenvalue weighted by atomic mass is 16.5. The number of aromatic nitrogens is 2. The van der Waals surface area contributed by atoms with Crippen molar-refractivity contribution in [3.8, 4) is 0 Å². The summed E-state index contributed by atoms with van der Waals surface area (Å²) in [7, 11) is 0. The zero-order chi connectivity index (χ0) is 16.1. The van der Waals surface area contributed by atoms with E-state index in [1.165, 1.54) is 0 Å². The van der Waals surface area contributed by atoms with Gasteiger partial charge in [-0.15, -0.1) is 0 Å². The normalized spacial score (nSPS) is 23.0. The highest BCUT2D eigenvalue weighted by molar-refractivity contribution is 5.74. The van der Waals surface area contributed by atoms with Crippen LogP contribution in [0.2, 0.25) is 0 Å². The van der Waals surface area contributed by atoms with Gasteiger partial charge in [-0.25, -0.2) is 4.79 Å². The number of ether oxygens (including phenoxy) is 1. The molecule has 0 aromatic carbocycles. The Balaban J connectivity index is 1.60. The van der Waals surface area contributed by atoms with Gasteiger partial charge < -0.3 is 19.5 Å². The quantitative estimate of drug-likeness (QED) is 0.919. The SMILES string of the molecule is CCCNC(=O)N1CCCC(c2nc(C3CCOCC3)no2)C1. The van der Waals surface area contributed by atoms with Gasteiger partial charge in [0, 0.05) is 38.8 Å². The molecule has 3 rings (SSSR count). The van der Waals surface area contributed by atoms with Gasteiger partial charge in [-0.05, 0) is 32.1 Å². The number of likely N-dealkylation sites (tertiary alicyclic amines) is 1. The number of nitrogens with zero attached hydrogens (tertiary/aromatic N) is 3. The third-order valence-corrected chi connectivity index (χ3v) is 4.63. The van der Waals surface area contributed by atoms with E-state index in [-0.39, 0.29) is 11.9 Å². The molecule has 1 N–H and O–H groups in total. The fraction of sp³-hybridized carbons (Fsp3) is 0.812. The Morgan fingerprint density at radius 1 is 1.30 bits per heavy atom. The predicted octanol–water partition coefficient (Wildman–Crippen LogP) is 2.26. The van der Waals surface area contributed by atoms with E-state index in [1.807, 2.05) is 4.90 Å². The van der Waals surface area contributed by atoms with Crippen LogP contribution >= 0.6 is 0 Å². The van der Waals surface area contributed by atoms with Crippen molar-refractivity contribution in [2.45, 2.75) is 50.9 Å². The fourth-order valence-electron chi connectivity index (χ4n) is 3.24. The predicted molar refractivity (Wildman–Crippen MR) is 84.3 cm³/mol. The summed E-state index contributed by atoms with van der Waals surface area (Å²) in [6.07, 6.45) is 4.82. The minimum Gasteiger partial charge on any atom is -0.381 e. The first-order valence-electron chi connectivity index (χ1n) is 8.72. The highest BCUT2D eigenvalue weighted by Gasteiger charge is 2.30. The van der Waals surface area contributed by atoms with Crippen molar-refractivity contribution in [1.29, 1.82) is 0 Å². The first-order valence-corrected chi connectivity index (χ1v) is 8.72. The Hall–Kier alpha value is -1.63. The Morgan fingerprint density at radius 2 is 2.13 bits per heavy atom. The second-order valence-electron chi connectivity index (χ2n) is 6.39. The van der Waals surface area contributed by atoms with Crippen LogP contribution in [0.1, 0.15) is 62.6 Å². The van der Waals surface area contributed by atoms with Crippen LogP contribution in [0.5, 0.6) is 0 Å². The molecule has 0 saturated carbocycles. The van der Waals surface area contributed by atoms with Gasteiger partial charge in [0.15, 0.2) is 5.82 Å². The average Bonchev–Trinajstić information content (AvgIpc) is 3.11. The number of urea groups is 1. The third-order valence-electron chi connectivity index (χ3n) is 4.63. The van der Waals surface area contributed by atoms with Gasteiger partial charge in [-0.2, -0.15) is 4.98 Å². The van der Waals surface area contributed by atoms with Gasteiger partial charge in [0.2, 0.25) is 5.89 Å². The van der Waals surface area contributed by atoms with Crippen molar-refractivity contribution in [2.24, 2.45) is 0 Å². The second-order valence-corrected chi connectivity index (χ2v) is 6.39. The molecular formula is C16H26N4O3. The minimum atomic E-state index is 0.0146. The van der Waals surface area contributed by atoms with Gasteiger partial charge in [-0.3, -0.25) is 0 Å². The Morgan fingerprint density at radius 3 is 2.91 bits per heavy atom. The van der Waals surface area contributed by atoms with E-state index in [0.717, 1.165) is 57.7 Å². The number of piperidine rings is 1. The first kappa shape index (κ1) is 16.2. The molecule has 0 spiro atoms. The Bertz CT molecular complexity index is 513. The smallest absolute Gasteiger partial charge is 0.317 e. The van der Waals surface area contributed by atoms with Gasteiger partial charge in [0.05, 0.1) is 5.92 Å². The number of hydrogen-bond acceptors (Lipinski definition) is 5. The van der Waals surface area contributed by atoms with E-state index in [9.17, 15) is 4.79 Å². The van der Waals surface area contributed by atoms with E-state index in [4.69, 9.17) is 9.26 Å². The molecule has 2 fully saturated rings. The number of nitrogens with one attached hydrogen (secondary N) is 1. The van der Waals surface area contributed by atoms with Gasteiger partial charge in [0.1, 0.15) is 0 Å². The molecule has 2 aliphatic rings. The Kier molecular flexibility index (Phi) is 5.48. The molecule has 23 heavy (non-hydrogen) atoms. The maximum absolute atomic E-state index is 12.1. The number of rotatable bonds is 4. The van der Waals surface area contributed by atoms with Crippen molar-refractivity contribution in [3.63, 3.8) is 0 Å². The molecule has 128 valence electrons. The molecule has 1 atom stereocenters. The van der Waals surface area contributed by atoms with Crippen LogP contribution in [-0.4, -0.2) is 53.9 Å². The monoisotopic (exact) mass is 322 g/mol. The topological polar surface area (TPSA) is 80.5 Å². The van der Waals surface area contributed by atoms with E-state index in [0.29, 0.717) is 24.9 Å². The molecule has 1 aromatic heterocycles. The summed E-state index contributed by atoms with van der Waals surface area (Å²) in [6.45, 7) is 5.76. The van der Waals surface area contributed by atoms with Crippen LogP contribution < -0.4 is 5.32 Å². The molecule has 0 bridgehead atoms. The van der Waals surface area contributed by atoms with Crippen LogP contribution in [-0.2, 0) is 4.74 Å². The molecule has 1 unspecified atom stereocenters. The molecule has 0 radical (unpaired) electrons. The first-order chi connectivity index (χ1) is 11.3. The number of carbonyl (C=O) groups excluding carboxylic acids is 1. The summed E-state index contributed by atoms with van der Waals surface area (Å²) < 4.78 is 10.9. The third kappa shape index (κ3) is 4.02. The van der Waals surface area contributed by atoms with Crippen molar-refractivity contribution in [2.75, 3.05) is 32.8 Å². The van der Waals surface area contributed by atoms with Gasteiger partial charge in [-0.1, -0.05) is 12.1 Å². The summed E-state index contributed by atoms with van der Waals surface area (Å²) in [5.41, 5.74) is 0. The van der Waals surface area contributed by atoms with E-state index >= 15 is 0 Å². The summed E-state index contributed by atoms with van der Waals surface area (Å²) >= 11 is 0. The van der Waals surface area contributed by atoms with E-state index < -0.39 is 0 Å². The summed E-state index contributed by atoms with van der Waals surface area (Å²) in [4.78, 5) is 18.6. The van der Waals surface area contributed by atoms with Crippen LogP contribution in [0.15, 0.2) is 4.52 Å². The standard InChI is InChI=1S/C16H26N4O3/c1-2-7-17-16(21)20-8-3-4-13(11-20)15-18-14(19-23-15)12-5-9-22-10-6-12/h12-13H,2-11H2,1H3,(H,17,21). The minimum absolute atomic E-state index is 0.0146. The lowest BCUT2D eigenvalue weighted by Crippen LogP contribution is -2.45. The van der Waals surface area contributed by atoms with Gasteiger partial charge >= 0.3 is 6.03 Å². The lowest BCUT2D eigenvalue weighted by atomic mass is 9.97. The zero-order valence-corrected chi connectivity index (χ0v) is 13.8. The molecule has 2 aliphatic heterocycles. The van der Waals surface area contributed by atoms with Crippen LogP contribution in [0.25, 0.3) is 0 Å². The van der Waals surface area contributed by atoms with Crippen molar-refractivity contribution in [1.82, 2.24) is 20.4 Å². The summed E-state index contributed by atoms with van der Waals surface area (Å²) in [6, 6.07) is 0.0146. The molecule has 7 heteroatoms. The van der Waals surface area contributed by atoms with E-state index in [2.05, 4.69) is 22.4 Å². The lowest BCUT2D eigenvalue weighted by molar-refractivity contribution is 0.0830. The Labute approximate surface area is 136 Å². The molecule has 3 heterocycles. The molecule has 2 saturated heterocycles. The summed E-state index contributed by atoms with van der Waals surface area (Å²) in [5, 5.41) is 7.11. The largest absolute Gasteiger partial charge is 0.381 e. The van der Waals surface area contributed by atoms with Crippen molar-refractivity contribution >= 4 is 6.03 Å². The lowest BCUT2D eigenvalue weighted by Gasteiger charge is -2.31. The zero-order valence-electron chi connectivity index (χ0n) is 13.8. The van der Waals surface area contributed by atoms with Crippen molar-refractivity contribution in [3.05, 3.63) is 11.7 Å². The molecule has 7 nitrogen and oxygen atoms in total.